The highest BCUT2D eigenvalue weighted by molar-refractivity contribution is 5.79. The summed E-state index contributed by atoms with van der Waals surface area (Å²) >= 11 is 0. The lowest BCUT2D eigenvalue weighted by atomic mass is 9.96. The van der Waals surface area contributed by atoms with Crippen LogP contribution in [0.25, 0.3) is 0 Å². The Bertz CT molecular complexity index is 237. The average Bonchev–Trinajstić information content (AvgIpc) is 2.15. The number of esters is 1. The minimum atomic E-state index is -0.331. The summed E-state index contributed by atoms with van der Waals surface area (Å²) in [6, 6.07) is 0. The summed E-state index contributed by atoms with van der Waals surface area (Å²) in [5, 5.41) is 0. The molecule has 0 aliphatic heterocycles. The summed E-state index contributed by atoms with van der Waals surface area (Å²) in [7, 11) is 0. The van der Waals surface area contributed by atoms with Crippen LogP contribution in [0, 0.1) is 18.3 Å². The highest BCUT2D eigenvalue weighted by Crippen LogP contribution is 2.12. The molecule has 0 saturated heterocycles. The van der Waals surface area contributed by atoms with E-state index in [1.165, 1.54) is 0 Å². The molecule has 14 heavy (non-hydrogen) atoms. The highest BCUT2D eigenvalue weighted by Gasteiger charge is 2.13. The van der Waals surface area contributed by atoms with Crippen LogP contribution in [0.4, 0.5) is 0 Å². The van der Waals surface area contributed by atoms with Gasteiger partial charge in [0, 0.05) is 12.3 Å². The molecule has 0 rings (SSSR count). The van der Waals surface area contributed by atoms with Crippen LogP contribution in [0.15, 0.2) is 0 Å². The van der Waals surface area contributed by atoms with Gasteiger partial charge in [0.1, 0.15) is 5.78 Å². The molecule has 0 spiro atoms. The van der Waals surface area contributed by atoms with Crippen molar-refractivity contribution >= 4 is 11.8 Å². The number of hydrogen-bond acceptors (Lipinski definition) is 3. The molecule has 3 heteroatoms. The first-order valence-electron chi connectivity index (χ1n) is 4.71. The van der Waals surface area contributed by atoms with Crippen LogP contribution in [0.1, 0.15) is 33.1 Å². The lowest BCUT2D eigenvalue weighted by molar-refractivity contribution is -0.142. The molecule has 0 aliphatic rings. The molecule has 1 atom stereocenters. The number of rotatable bonds is 6. The van der Waals surface area contributed by atoms with Gasteiger partial charge in [-0.3, -0.25) is 9.59 Å². The molecule has 0 radical (unpaired) electrons. The fraction of sp³-hybridized carbons (Fsp3) is 0.636. The summed E-state index contributed by atoms with van der Waals surface area (Å²) in [5.41, 5.74) is 0. The van der Waals surface area contributed by atoms with Gasteiger partial charge in [-0.15, -0.1) is 6.42 Å². The van der Waals surface area contributed by atoms with Crippen molar-refractivity contribution in [3.05, 3.63) is 0 Å². The van der Waals surface area contributed by atoms with E-state index in [0.29, 0.717) is 6.42 Å². The van der Waals surface area contributed by atoms with Crippen LogP contribution in [0.2, 0.25) is 0 Å². The maximum atomic E-state index is 11.0. The topological polar surface area (TPSA) is 43.4 Å². The molecule has 78 valence electrons. The molecular weight excluding hydrogens is 180 g/mol. The van der Waals surface area contributed by atoms with E-state index in [4.69, 9.17) is 6.42 Å². The lowest BCUT2D eigenvalue weighted by Gasteiger charge is -2.09. The molecule has 0 unspecified atom stereocenters. The second kappa shape index (κ2) is 7.14. The monoisotopic (exact) mass is 196 g/mol. The zero-order valence-corrected chi connectivity index (χ0v) is 8.71. The normalized spacial score (nSPS) is 11.5. The molecule has 0 aliphatic carbocycles. The van der Waals surface area contributed by atoms with Gasteiger partial charge in [0.25, 0.3) is 0 Å². The Morgan fingerprint density at radius 2 is 2.14 bits per heavy atom. The highest BCUT2D eigenvalue weighted by atomic mass is 16.5. The van der Waals surface area contributed by atoms with E-state index in [2.05, 4.69) is 10.7 Å². The summed E-state index contributed by atoms with van der Waals surface area (Å²) in [4.78, 5) is 22.0. The Hall–Kier alpha value is -1.30. The van der Waals surface area contributed by atoms with Crippen LogP contribution in [0.5, 0.6) is 0 Å². The first-order chi connectivity index (χ1) is 6.61. The van der Waals surface area contributed by atoms with Gasteiger partial charge in [0.2, 0.25) is 0 Å². The quantitative estimate of drug-likeness (QED) is 0.478. The third-order valence-corrected chi connectivity index (χ3v) is 2.08. The van der Waals surface area contributed by atoms with Gasteiger partial charge in [-0.1, -0.05) is 12.8 Å². The molecule has 0 fully saturated rings. The predicted octanol–water partition coefficient (Wildman–Crippen LogP) is 1.56. The number of ether oxygens (including phenoxy) is 1. The number of hydrogen-bond donors (Lipinski definition) is 0. The van der Waals surface area contributed by atoms with E-state index in [1.54, 1.807) is 6.92 Å². The van der Waals surface area contributed by atoms with E-state index in [-0.39, 0.29) is 30.7 Å². The number of ketones is 1. The van der Waals surface area contributed by atoms with E-state index in [9.17, 15) is 9.59 Å². The third-order valence-electron chi connectivity index (χ3n) is 2.08. The van der Waals surface area contributed by atoms with E-state index in [1.807, 2.05) is 6.92 Å². The van der Waals surface area contributed by atoms with Gasteiger partial charge in [-0.25, -0.2) is 0 Å². The van der Waals surface area contributed by atoms with Gasteiger partial charge >= 0.3 is 5.97 Å². The molecule has 0 aromatic heterocycles. The van der Waals surface area contributed by atoms with Crippen molar-refractivity contribution in [3.8, 4) is 12.3 Å². The fourth-order valence-corrected chi connectivity index (χ4v) is 1.18. The van der Waals surface area contributed by atoms with Crippen LogP contribution in [-0.2, 0) is 14.3 Å². The van der Waals surface area contributed by atoms with Crippen LogP contribution in [0.3, 0.4) is 0 Å². The Morgan fingerprint density at radius 1 is 1.50 bits per heavy atom. The fourth-order valence-electron chi connectivity index (χ4n) is 1.18. The number of carbonyl (C=O) groups is 2. The molecule has 0 heterocycles. The van der Waals surface area contributed by atoms with Crippen molar-refractivity contribution in [2.24, 2.45) is 5.92 Å². The molecular formula is C11H16O3. The maximum absolute atomic E-state index is 11.0. The maximum Gasteiger partial charge on any atom is 0.306 e. The minimum absolute atomic E-state index is 0.00962. The predicted molar refractivity (Wildman–Crippen MR) is 53.5 cm³/mol. The van der Waals surface area contributed by atoms with Crippen molar-refractivity contribution < 1.29 is 14.3 Å². The largest absolute Gasteiger partial charge is 0.452 e. The van der Waals surface area contributed by atoms with Crippen LogP contribution in [-0.4, -0.2) is 18.4 Å². The van der Waals surface area contributed by atoms with Crippen molar-refractivity contribution in [2.75, 3.05) is 6.61 Å². The average molecular weight is 196 g/mol. The van der Waals surface area contributed by atoms with Crippen LogP contribution >= 0.6 is 0 Å². The Kier molecular flexibility index (Phi) is 6.47. The van der Waals surface area contributed by atoms with Gasteiger partial charge in [0.05, 0.1) is 0 Å². The first-order valence-corrected chi connectivity index (χ1v) is 4.71. The zero-order chi connectivity index (χ0) is 11.0. The number of carbonyl (C=O) groups excluding carboxylic acids is 2. The second-order valence-electron chi connectivity index (χ2n) is 3.12. The minimum Gasteiger partial charge on any atom is -0.452 e. The van der Waals surface area contributed by atoms with Crippen molar-refractivity contribution in [2.45, 2.75) is 33.1 Å². The zero-order valence-electron chi connectivity index (χ0n) is 8.71. The SMILES string of the molecule is C#CCOC(=O)CC[C@@H](CC)C(C)=O. The molecule has 0 amide bonds. The summed E-state index contributed by atoms with van der Waals surface area (Å²) in [6.45, 7) is 3.48. The smallest absolute Gasteiger partial charge is 0.306 e. The molecule has 0 N–H and O–H groups in total. The van der Waals surface area contributed by atoms with E-state index < -0.39 is 0 Å². The number of Topliss-reactive ketones (excluding diaryl/α,β-unsaturated/α-hetero) is 1. The van der Waals surface area contributed by atoms with Crippen LogP contribution < -0.4 is 0 Å². The molecule has 3 nitrogen and oxygen atoms in total. The second-order valence-corrected chi connectivity index (χ2v) is 3.12. The third kappa shape index (κ3) is 5.36. The summed E-state index contributed by atoms with van der Waals surface area (Å²) < 4.78 is 4.68. The summed E-state index contributed by atoms with van der Waals surface area (Å²) in [6.07, 6.45) is 6.50. The van der Waals surface area contributed by atoms with Crippen molar-refractivity contribution in [3.63, 3.8) is 0 Å². The van der Waals surface area contributed by atoms with Gasteiger partial charge in [0.15, 0.2) is 6.61 Å². The van der Waals surface area contributed by atoms with Gasteiger partial charge < -0.3 is 4.74 Å². The number of terminal acetylenes is 1. The van der Waals surface area contributed by atoms with Gasteiger partial charge in [-0.05, 0) is 19.8 Å². The first kappa shape index (κ1) is 12.7. The standard InChI is InChI=1S/C11H16O3/c1-4-8-14-11(13)7-6-10(5-2)9(3)12/h1,10H,5-8H2,2-3H3/t10-/m1/s1. The molecule has 0 saturated carbocycles. The van der Waals surface area contributed by atoms with Gasteiger partial charge in [-0.2, -0.15) is 0 Å². The van der Waals surface area contributed by atoms with E-state index in [0.717, 1.165) is 6.42 Å². The molecule has 0 aromatic rings. The Labute approximate surface area is 84.8 Å². The van der Waals surface area contributed by atoms with Crippen molar-refractivity contribution in [1.29, 1.82) is 0 Å². The Morgan fingerprint density at radius 3 is 2.57 bits per heavy atom. The van der Waals surface area contributed by atoms with Crippen molar-refractivity contribution in [1.82, 2.24) is 0 Å². The Balaban J connectivity index is 3.75. The molecule has 0 aromatic carbocycles. The molecule has 0 bridgehead atoms. The lowest BCUT2D eigenvalue weighted by Crippen LogP contribution is -2.13. The summed E-state index contributed by atoms with van der Waals surface area (Å²) in [5.74, 6) is 1.97. The van der Waals surface area contributed by atoms with E-state index >= 15 is 0 Å².